The minimum absolute atomic E-state index is 0.239. The molecule has 0 spiro atoms. The number of rotatable bonds is 4. The number of hydrogen-bond acceptors (Lipinski definition) is 1. The summed E-state index contributed by atoms with van der Waals surface area (Å²) in [6.45, 7) is 8.33. The number of hydrogen-bond donors (Lipinski definition) is 0. The number of benzene rings is 1. The standard InChI is InChI=1S/C14H20O/c1-5-10(3)12-7-8-13(11(4)9-12)14(15)6-2/h7-10H,5-6H2,1-4H3. The SMILES string of the molecule is CCC(=O)c1ccc(C(C)CC)cc1C. The average Bonchev–Trinajstić information content (AvgIpc) is 2.26. The molecule has 0 amide bonds. The largest absolute Gasteiger partial charge is 0.294 e. The number of carbonyl (C=O) groups excluding carboxylic acids is 1. The molecule has 15 heavy (non-hydrogen) atoms. The number of carbonyl (C=O) groups is 1. The highest BCUT2D eigenvalue weighted by atomic mass is 16.1. The fourth-order valence-electron chi connectivity index (χ4n) is 1.73. The summed E-state index contributed by atoms with van der Waals surface area (Å²) in [4.78, 5) is 11.6. The van der Waals surface area contributed by atoms with Crippen LogP contribution in [0.25, 0.3) is 0 Å². The van der Waals surface area contributed by atoms with Crippen LogP contribution in [-0.4, -0.2) is 5.78 Å². The number of aryl methyl sites for hydroxylation is 1. The van der Waals surface area contributed by atoms with E-state index in [1.165, 1.54) is 5.56 Å². The van der Waals surface area contributed by atoms with Crippen molar-refractivity contribution in [1.29, 1.82) is 0 Å². The molecule has 1 nitrogen and oxygen atoms in total. The second kappa shape index (κ2) is 5.11. The molecule has 1 unspecified atom stereocenters. The van der Waals surface area contributed by atoms with E-state index in [-0.39, 0.29) is 5.78 Å². The van der Waals surface area contributed by atoms with Crippen molar-refractivity contribution >= 4 is 5.78 Å². The summed E-state index contributed by atoms with van der Waals surface area (Å²) in [6, 6.07) is 6.21. The molecule has 1 atom stereocenters. The maximum atomic E-state index is 11.6. The van der Waals surface area contributed by atoms with Crippen molar-refractivity contribution in [2.75, 3.05) is 0 Å². The van der Waals surface area contributed by atoms with Gasteiger partial charge in [0.15, 0.2) is 5.78 Å². The third-order valence-electron chi connectivity index (χ3n) is 3.05. The predicted molar refractivity (Wildman–Crippen MR) is 64.5 cm³/mol. The highest BCUT2D eigenvalue weighted by Gasteiger charge is 2.09. The van der Waals surface area contributed by atoms with Gasteiger partial charge in [-0.2, -0.15) is 0 Å². The topological polar surface area (TPSA) is 17.1 Å². The van der Waals surface area contributed by atoms with Gasteiger partial charge in [0.25, 0.3) is 0 Å². The van der Waals surface area contributed by atoms with E-state index in [0.717, 1.165) is 17.5 Å². The first kappa shape index (κ1) is 12.0. The molecule has 1 heteroatoms. The maximum absolute atomic E-state index is 11.6. The van der Waals surface area contributed by atoms with Crippen molar-refractivity contribution in [3.8, 4) is 0 Å². The van der Waals surface area contributed by atoms with Gasteiger partial charge in [0, 0.05) is 12.0 Å². The molecule has 1 aromatic carbocycles. The van der Waals surface area contributed by atoms with Crippen LogP contribution in [-0.2, 0) is 0 Å². The van der Waals surface area contributed by atoms with Gasteiger partial charge in [0.2, 0.25) is 0 Å². The van der Waals surface area contributed by atoms with Crippen LogP contribution in [0.5, 0.6) is 0 Å². The van der Waals surface area contributed by atoms with Gasteiger partial charge in [-0.15, -0.1) is 0 Å². The van der Waals surface area contributed by atoms with Gasteiger partial charge in [-0.05, 0) is 30.4 Å². The second-order valence-corrected chi connectivity index (χ2v) is 4.16. The summed E-state index contributed by atoms with van der Waals surface area (Å²) >= 11 is 0. The molecule has 0 fully saturated rings. The lowest BCUT2D eigenvalue weighted by Gasteiger charge is -2.11. The van der Waals surface area contributed by atoms with E-state index in [4.69, 9.17) is 0 Å². The number of ketones is 1. The van der Waals surface area contributed by atoms with Crippen LogP contribution in [0.4, 0.5) is 0 Å². The highest BCUT2D eigenvalue weighted by molar-refractivity contribution is 5.97. The van der Waals surface area contributed by atoms with Gasteiger partial charge < -0.3 is 0 Å². The van der Waals surface area contributed by atoms with Crippen LogP contribution >= 0.6 is 0 Å². The average molecular weight is 204 g/mol. The zero-order chi connectivity index (χ0) is 11.4. The molecule has 0 aliphatic rings. The smallest absolute Gasteiger partial charge is 0.162 e. The lowest BCUT2D eigenvalue weighted by molar-refractivity contribution is 0.0987. The third-order valence-corrected chi connectivity index (χ3v) is 3.05. The van der Waals surface area contributed by atoms with Crippen molar-refractivity contribution in [2.24, 2.45) is 0 Å². The molecular formula is C14H20O. The van der Waals surface area contributed by atoms with Crippen LogP contribution in [0.1, 0.15) is 61.0 Å². The minimum atomic E-state index is 0.239. The van der Waals surface area contributed by atoms with E-state index in [0.29, 0.717) is 12.3 Å². The Labute approximate surface area is 92.5 Å². The Morgan fingerprint density at radius 3 is 2.47 bits per heavy atom. The monoisotopic (exact) mass is 204 g/mol. The second-order valence-electron chi connectivity index (χ2n) is 4.16. The van der Waals surface area contributed by atoms with Crippen LogP contribution < -0.4 is 0 Å². The minimum Gasteiger partial charge on any atom is -0.294 e. The predicted octanol–water partition coefficient (Wildman–Crippen LogP) is 4.10. The third kappa shape index (κ3) is 2.68. The molecule has 0 saturated carbocycles. The first-order valence-electron chi connectivity index (χ1n) is 5.73. The Morgan fingerprint density at radius 2 is 2.00 bits per heavy atom. The van der Waals surface area contributed by atoms with E-state index in [1.807, 2.05) is 19.9 Å². The molecule has 1 rings (SSSR count). The Morgan fingerprint density at radius 1 is 1.33 bits per heavy atom. The van der Waals surface area contributed by atoms with E-state index in [1.54, 1.807) is 0 Å². The zero-order valence-corrected chi connectivity index (χ0v) is 10.1. The van der Waals surface area contributed by atoms with Crippen molar-refractivity contribution in [3.63, 3.8) is 0 Å². The molecule has 0 heterocycles. The lowest BCUT2D eigenvalue weighted by atomic mass is 9.93. The van der Waals surface area contributed by atoms with E-state index in [2.05, 4.69) is 26.0 Å². The maximum Gasteiger partial charge on any atom is 0.162 e. The summed E-state index contributed by atoms with van der Waals surface area (Å²) in [7, 11) is 0. The Bertz CT molecular complexity index is 352. The summed E-state index contributed by atoms with van der Waals surface area (Å²) in [5.74, 6) is 0.817. The first-order chi connectivity index (χ1) is 7.10. The summed E-state index contributed by atoms with van der Waals surface area (Å²) in [5.41, 5.74) is 3.33. The Kier molecular flexibility index (Phi) is 4.07. The molecule has 0 aliphatic heterocycles. The zero-order valence-electron chi connectivity index (χ0n) is 10.1. The quantitative estimate of drug-likeness (QED) is 0.675. The van der Waals surface area contributed by atoms with E-state index >= 15 is 0 Å². The van der Waals surface area contributed by atoms with Crippen LogP contribution in [0.3, 0.4) is 0 Å². The summed E-state index contributed by atoms with van der Waals surface area (Å²) in [5, 5.41) is 0. The molecule has 0 bridgehead atoms. The van der Waals surface area contributed by atoms with Crippen molar-refractivity contribution in [3.05, 3.63) is 34.9 Å². The molecule has 1 aromatic rings. The van der Waals surface area contributed by atoms with Gasteiger partial charge in [-0.3, -0.25) is 4.79 Å². The van der Waals surface area contributed by atoms with Crippen molar-refractivity contribution in [2.45, 2.75) is 46.5 Å². The highest BCUT2D eigenvalue weighted by Crippen LogP contribution is 2.22. The van der Waals surface area contributed by atoms with Gasteiger partial charge in [-0.25, -0.2) is 0 Å². The van der Waals surface area contributed by atoms with Crippen molar-refractivity contribution < 1.29 is 4.79 Å². The normalized spacial score (nSPS) is 12.5. The number of Topliss-reactive ketones (excluding diaryl/α,β-unsaturated/α-hetero) is 1. The summed E-state index contributed by atoms with van der Waals surface area (Å²) < 4.78 is 0. The van der Waals surface area contributed by atoms with E-state index in [9.17, 15) is 4.79 Å². The van der Waals surface area contributed by atoms with Crippen LogP contribution in [0.2, 0.25) is 0 Å². The molecule has 0 aliphatic carbocycles. The summed E-state index contributed by atoms with van der Waals surface area (Å²) in [6.07, 6.45) is 1.73. The molecule has 82 valence electrons. The Hall–Kier alpha value is -1.11. The lowest BCUT2D eigenvalue weighted by Crippen LogP contribution is -2.01. The Balaban J connectivity index is 3.03. The van der Waals surface area contributed by atoms with Crippen molar-refractivity contribution in [1.82, 2.24) is 0 Å². The first-order valence-corrected chi connectivity index (χ1v) is 5.73. The van der Waals surface area contributed by atoms with Crippen LogP contribution in [0, 0.1) is 6.92 Å². The molecule has 0 radical (unpaired) electrons. The fourth-order valence-corrected chi connectivity index (χ4v) is 1.73. The van der Waals surface area contributed by atoms with Gasteiger partial charge in [0.1, 0.15) is 0 Å². The molecular weight excluding hydrogens is 184 g/mol. The van der Waals surface area contributed by atoms with Gasteiger partial charge >= 0.3 is 0 Å². The molecule has 0 N–H and O–H groups in total. The van der Waals surface area contributed by atoms with E-state index < -0.39 is 0 Å². The molecule has 0 saturated heterocycles. The van der Waals surface area contributed by atoms with Crippen LogP contribution in [0.15, 0.2) is 18.2 Å². The van der Waals surface area contributed by atoms with Gasteiger partial charge in [0.05, 0.1) is 0 Å². The fraction of sp³-hybridized carbons (Fsp3) is 0.500. The molecule has 0 aromatic heterocycles. The van der Waals surface area contributed by atoms with Gasteiger partial charge in [-0.1, -0.05) is 39.0 Å².